The number of hydrogen-bond donors (Lipinski definition) is 1. The predicted molar refractivity (Wildman–Crippen MR) is 134 cm³/mol. The minimum absolute atomic E-state index is 0.0864. The summed E-state index contributed by atoms with van der Waals surface area (Å²) in [6, 6.07) is 14.9. The van der Waals surface area contributed by atoms with Crippen LogP contribution in [0, 0.1) is 5.92 Å². The van der Waals surface area contributed by atoms with Gasteiger partial charge in [-0.05, 0) is 49.2 Å². The normalized spacial score (nSPS) is 27.9. The first kappa shape index (κ1) is 23.6. The molecule has 186 valence electrons. The number of carboxylic acid groups (broad SMARTS) is 1. The summed E-state index contributed by atoms with van der Waals surface area (Å²) in [5, 5.41) is 11.6. The molecule has 2 fully saturated rings. The van der Waals surface area contributed by atoms with Crippen molar-refractivity contribution >= 4 is 23.4 Å². The van der Waals surface area contributed by atoms with Crippen LogP contribution < -0.4 is 9.80 Å². The van der Waals surface area contributed by atoms with E-state index in [1.807, 2.05) is 55.5 Å². The molecule has 8 heteroatoms. The maximum Gasteiger partial charge on any atom is 0.412 e. The van der Waals surface area contributed by atoms with Gasteiger partial charge in [-0.15, -0.1) is 0 Å². The van der Waals surface area contributed by atoms with Crippen molar-refractivity contribution < 1.29 is 19.5 Å². The van der Waals surface area contributed by atoms with E-state index in [1.165, 1.54) is 9.96 Å². The van der Waals surface area contributed by atoms with Crippen LogP contribution in [0.15, 0.2) is 48.5 Å². The third-order valence-electron chi connectivity index (χ3n) is 8.05. The first-order valence-corrected chi connectivity index (χ1v) is 12.3. The molecule has 8 nitrogen and oxygen atoms in total. The molecule has 0 spiro atoms. The monoisotopic (exact) mass is 478 g/mol. The van der Waals surface area contributed by atoms with E-state index in [2.05, 4.69) is 30.8 Å². The first-order chi connectivity index (χ1) is 16.7. The molecular formula is C27H34N4O4. The van der Waals surface area contributed by atoms with E-state index in [0.29, 0.717) is 25.3 Å². The molecule has 3 aliphatic heterocycles. The Kier molecular flexibility index (Phi) is 5.97. The second kappa shape index (κ2) is 8.84. The maximum absolute atomic E-state index is 13.3. The number of hydroxylamine groups is 2. The molecule has 2 aromatic carbocycles. The van der Waals surface area contributed by atoms with E-state index < -0.39 is 12.1 Å². The first-order valence-electron chi connectivity index (χ1n) is 12.3. The second-order valence-corrected chi connectivity index (χ2v) is 10.4. The zero-order chi connectivity index (χ0) is 24.9. The number of anilines is 2. The molecule has 2 amide bonds. The van der Waals surface area contributed by atoms with Crippen molar-refractivity contribution in [3.05, 3.63) is 59.7 Å². The summed E-state index contributed by atoms with van der Waals surface area (Å²) in [4.78, 5) is 37.5. The van der Waals surface area contributed by atoms with Gasteiger partial charge in [0.05, 0.1) is 19.3 Å². The van der Waals surface area contributed by atoms with E-state index in [1.54, 1.807) is 0 Å². The summed E-state index contributed by atoms with van der Waals surface area (Å²) in [6.07, 6.45) is 0.798. The molecule has 4 atom stereocenters. The number of fused-ring (bicyclic) bond motifs is 3. The van der Waals surface area contributed by atoms with Crippen LogP contribution in [0.2, 0.25) is 0 Å². The number of carbonyl (C=O) groups is 2. The predicted octanol–water partition coefficient (Wildman–Crippen LogP) is 3.56. The van der Waals surface area contributed by atoms with Gasteiger partial charge in [0.25, 0.3) is 5.91 Å². The van der Waals surface area contributed by atoms with Gasteiger partial charge in [-0.25, -0.2) is 9.86 Å². The van der Waals surface area contributed by atoms with Crippen molar-refractivity contribution in [1.29, 1.82) is 0 Å². The lowest BCUT2D eigenvalue weighted by Gasteiger charge is -2.32. The number of hydrogen-bond acceptors (Lipinski definition) is 5. The van der Waals surface area contributed by atoms with Crippen LogP contribution >= 0.6 is 0 Å². The van der Waals surface area contributed by atoms with Crippen molar-refractivity contribution in [2.24, 2.45) is 5.92 Å². The third-order valence-corrected chi connectivity index (χ3v) is 8.05. The number of likely N-dealkylation sites (N-methyl/N-ethyl adjacent to an activating group) is 2. The molecule has 0 aliphatic carbocycles. The van der Waals surface area contributed by atoms with E-state index in [4.69, 9.17) is 4.84 Å². The molecule has 0 radical (unpaired) electrons. The van der Waals surface area contributed by atoms with Crippen molar-refractivity contribution in [3.63, 3.8) is 0 Å². The van der Waals surface area contributed by atoms with Crippen LogP contribution in [0.5, 0.6) is 0 Å². The van der Waals surface area contributed by atoms with Crippen LogP contribution in [-0.4, -0.2) is 73.1 Å². The van der Waals surface area contributed by atoms with E-state index >= 15 is 0 Å². The Morgan fingerprint density at radius 1 is 1.20 bits per heavy atom. The lowest BCUT2D eigenvalue weighted by Crippen LogP contribution is -2.47. The average molecular weight is 479 g/mol. The summed E-state index contributed by atoms with van der Waals surface area (Å²) in [5.74, 6) is -0.512. The van der Waals surface area contributed by atoms with Crippen LogP contribution in [0.1, 0.15) is 31.4 Å². The van der Waals surface area contributed by atoms with E-state index in [9.17, 15) is 14.7 Å². The Bertz CT molecular complexity index is 1130. The lowest BCUT2D eigenvalue weighted by molar-refractivity contribution is -0.178. The van der Waals surface area contributed by atoms with Gasteiger partial charge < -0.3 is 10.0 Å². The van der Waals surface area contributed by atoms with Crippen LogP contribution in [-0.2, 0) is 21.5 Å². The Balaban J connectivity index is 1.37. The van der Waals surface area contributed by atoms with E-state index in [-0.39, 0.29) is 23.4 Å². The van der Waals surface area contributed by atoms with Gasteiger partial charge in [0, 0.05) is 36.3 Å². The molecule has 35 heavy (non-hydrogen) atoms. The minimum atomic E-state index is -1.13. The highest BCUT2D eigenvalue weighted by Gasteiger charge is 2.53. The zero-order valence-corrected chi connectivity index (χ0v) is 20.8. The molecule has 3 heterocycles. The summed E-state index contributed by atoms with van der Waals surface area (Å²) in [6.45, 7) is 5.87. The van der Waals surface area contributed by atoms with Crippen LogP contribution in [0.4, 0.5) is 16.2 Å². The number of carbonyl (C=O) groups excluding carboxylic acids is 1. The molecule has 2 saturated heterocycles. The topological polar surface area (TPSA) is 76.6 Å². The number of benzene rings is 2. The summed E-state index contributed by atoms with van der Waals surface area (Å²) >= 11 is 0. The Hall–Kier alpha value is -3.10. The molecule has 1 N–H and O–H groups in total. The molecule has 0 bridgehead atoms. The maximum atomic E-state index is 13.3. The van der Waals surface area contributed by atoms with Gasteiger partial charge in [-0.3, -0.25) is 19.4 Å². The van der Waals surface area contributed by atoms with Gasteiger partial charge in [-0.1, -0.05) is 44.2 Å². The fourth-order valence-corrected chi connectivity index (χ4v) is 6.35. The number of amides is 2. The number of likely N-dealkylation sites (tertiary alicyclic amines) is 1. The third kappa shape index (κ3) is 3.85. The Labute approximate surface area is 206 Å². The molecule has 1 unspecified atom stereocenters. The van der Waals surface area contributed by atoms with Gasteiger partial charge in [0.2, 0.25) is 0 Å². The van der Waals surface area contributed by atoms with Crippen molar-refractivity contribution in [3.8, 4) is 0 Å². The highest BCUT2D eigenvalue weighted by molar-refractivity contribution is 5.98. The molecule has 3 aliphatic rings. The molecular weight excluding hydrogens is 444 g/mol. The fraction of sp³-hybridized carbons (Fsp3) is 0.481. The highest BCUT2D eigenvalue weighted by Crippen LogP contribution is 2.52. The lowest BCUT2D eigenvalue weighted by atomic mass is 9.81. The minimum Gasteiger partial charge on any atom is -0.465 e. The Morgan fingerprint density at radius 3 is 2.66 bits per heavy atom. The smallest absolute Gasteiger partial charge is 0.412 e. The average Bonchev–Trinajstić information content (AvgIpc) is 3.37. The molecule has 0 saturated carbocycles. The number of rotatable bonds is 6. The van der Waals surface area contributed by atoms with E-state index in [0.717, 1.165) is 29.8 Å². The largest absolute Gasteiger partial charge is 0.465 e. The van der Waals surface area contributed by atoms with Gasteiger partial charge in [0.1, 0.15) is 6.04 Å². The van der Waals surface area contributed by atoms with Crippen molar-refractivity contribution in [2.45, 2.75) is 44.3 Å². The van der Waals surface area contributed by atoms with Crippen molar-refractivity contribution in [1.82, 2.24) is 9.96 Å². The van der Waals surface area contributed by atoms with Gasteiger partial charge >= 0.3 is 6.09 Å². The fourth-order valence-electron chi connectivity index (χ4n) is 6.35. The van der Waals surface area contributed by atoms with Gasteiger partial charge in [0.15, 0.2) is 0 Å². The molecule has 5 rings (SSSR count). The standard InChI is InChI=1S/C27H34N4O4/c1-18-17-30(35-15-12-19-8-6-5-7-9-19)24(32)23(18)31(26(33)34)20-10-11-22-21(16-20)27(2)13-14-28(3)25(27)29(22)4/h5-11,16,18,23,25H,12-15,17H2,1-4H3,(H,33,34)/t18-,23-,25?,27-/m0/s1. The van der Waals surface area contributed by atoms with Gasteiger partial charge in [-0.2, -0.15) is 0 Å². The Morgan fingerprint density at radius 2 is 1.94 bits per heavy atom. The number of nitrogens with zero attached hydrogens (tertiary/aromatic N) is 4. The zero-order valence-electron chi connectivity index (χ0n) is 20.8. The quantitative estimate of drug-likeness (QED) is 0.684. The molecule has 0 aromatic heterocycles. The van der Waals surface area contributed by atoms with Crippen molar-refractivity contribution in [2.75, 3.05) is 43.6 Å². The van der Waals surface area contributed by atoms with Crippen LogP contribution in [0.25, 0.3) is 0 Å². The second-order valence-electron chi connectivity index (χ2n) is 10.4. The highest BCUT2D eigenvalue weighted by atomic mass is 16.7. The SMILES string of the molecule is C[C@H]1CN(OCCc2ccccc2)C(=O)[C@H]1N(C(=O)O)c1ccc2c(c1)[C@]1(C)CCN(C)C1N2C. The summed E-state index contributed by atoms with van der Waals surface area (Å²) in [5.41, 5.74) is 3.85. The van der Waals surface area contributed by atoms with Crippen LogP contribution in [0.3, 0.4) is 0 Å². The molecule has 2 aromatic rings. The summed E-state index contributed by atoms with van der Waals surface area (Å²) in [7, 11) is 4.23. The summed E-state index contributed by atoms with van der Waals surface area (Å²) < 4.78 is 0.